The van der Waals surface area contributed by atoms with Gasteiger partial charge in [-0.25, -0.2) is 4.79 Å². The molecule has 6 atom stereocenters. The van der Waals surface area contributed by atoms with Crippen molar-refractivity contribution >= 4 is 17.8 Å². The normalized spacial score (nSPS) is 21.3. The number of ether oxygens (including phenoxy) is 5. The highest BCUT2D eigenvalue weighted by Gasteiger charge is 2.45. The lowest BCUT2D eigenvalue weighted by molar-refractivity contribution is -0.311. The monoisotopic (exact) mass is 682 g/mol. The van der Waals surface area contributed by atoms with Gasteiger partial charge in [0.1, 0.15) is 42.6 Å². The molecule has 1 aliphatic heterocycles. The number of esters is 1. The summed E-state index contributed by atoms with van der Waals surface area (Å²) in [6.45, 7) is -0.476. The minimum atomic E-state index is -1.71. The van der Waals surface area contributed by atoms with Crippen LogP contribution in [0.5, 0.6) is 28.7 Å². The van der Waals surface area contributed by atoms with Crippen LogP contribution in [-0.2, 0) is 36.6 Å². The maximum Gasteiger partial charge on any atom is 0.330 e. The van der Waals surface area contributed by atoms with Gasteiger partial charge in [0.25, 0.3) is 0 Å². The van der Waals surface area contributed by atoms with Crippen molar-refractivity contribution in [1.29, 1.82) is 0 Å². The molecular weight excluding hydrogens is 640 g/mol. The quantitative estimate of drug-likeness (QED) is 0.0733. The van der Waals surface area contributed by atoms with Gasteiger partial charge in [0.15, 0.2) is 29.3 Å². The van der Waals surface area contributed by atoms with E-state index in [0.29, 0.717) is 41.9 Å². The fraction of sp³-hybridized carbons (Fsp3) is 0.389. The van der Waals surface area contributed by atoms with Gasteiger partial charge in [0.05, 0.1) is 20.3 Å². The summed E-state index contributed by atoms with van der Waals surface area (Å²) in [7, 11) is 2.99. The van der Waals surface area contributed by atoms with Crippen molar-refractivity contribution < 1.29 is 63.9 Å². The van der Waals surface area contributed by atoms with E-state index < -0.39 is 49.4 Å². The number of methoxy groups -OCH3 is 2. The molecule has 13 nitrogen and oxygen atoms in total. The fourth-order valence-corrected chi connectivity index (χ4v) is 5.26. The first kappa shape index (κ1) is 37.2. The van der Waals surface area contributed by atoms with Crippen LogP contribution in [-0.4, -0.2) is 100 Å². The summed E-state index contributed by atoms with van der Waals surface area (Å²) in [6, 6.07) is 15.9. The van der Waals surface area contributed by atoms with Gasteiger partial charge in [0.2, 0.25) is 0 Å². The number of phenolic OH excluding ortho intramolecular Hbond substituents is 3. The predicted octanol–water partition coefficient (Wildman–Crippen LogP) is 2.79. The van der Waals surface area contributed by atoms with E-state index in [-0.39, 0.29) is 35.9 Å². The summed E-state index contributed by atoms with van der Waals surface area (Å²) in [5.74, 6) is -0.430. The Hall–Kier alpha value is -4.66. The van der Waals surface area contributed by atoms with E-state index in [2.05, 4.69) is 0 Å². The molecule has 0 aliphatic carbocycles. The Bertz CT molecular complexity index is 1570. The molecule has 0 bridgehead atoms. The number of carbonyl (C=O) groups excluding carboxylic acids is 2. The molecule has 0 spiro atoms. The van der Waals surface area contributed by atoms with Gasteiger partial charge >= 0.3 is 5.97 Å². The highest BCUT2D eigenvalue weighted by Crippen LogP contribution is 2.29. The van der Waals surface area contributed by atoms with Crippen molar-refractivity contribution in [3.8, 4) is 28.7 Å². The summed E-state index contributed by atoms with van der Waals surface area (Å²) in [5.41, 5.74) is 2.12. The maximum atomic E-state index is 13.1. The van der Waals surface area contributed by atoms with Crippen LogP contribution in [0, 0.1) is 0 Å². The van der Waals surface area contributed by atoms with Crippen LogP contribution in [0.4, 0.5) is 0 Å². The van der Waals surface area contributed by atoms with E-state index in [9.17, 15) is 40.2 Å². The Kier molecular flexibility index (Phi) is 13.4. The number of rotatable bonds is 16. The van der Waals surface area contributed by atoms with Crippen molar-refractivity contribution in [3.05, 3.63) is 83.4 Å². The van der Waals surface area contributed by atoms with E-state index in [0.717, 1.165) is 5.56 Å². The highest BCUT2D eigenvalue weighted by molar-refractivity contribution is 5.87. The van der Waals surface area contributed by atoms with Crippen LogP contribution in [0.2, 0.25) is 0 Å². The lowest BCUT2D eigenvalue weighted by atomic mass is 9.98. The lowest BCUT2D eigenvalue weighted by Crippen LogP contribution is -2.60. The lowest BCUT2D eigenvalue weighted by Gasteiger charge is -2.41. The number of hydrogen-bond acceptors (Lipinski definition) is 13. The van der Waals surface area contributed by atoms with Gasteiger partial charge in [-0.05, 0) is 78.4 Å². The zero-order valence-corrected chi connectivity index (χ0v) is 27.2. The molecule has 4 rings (SSSR count). The number of carbonyl (C=O) groups is 2. The topological polar surface area (TPSA) is 202 Å². The first-order valence-electron chi connectivity index (χ1n) is 15.7. The molecule has 1 aliphatic rings. The van der Waals surface area contributed by atoms with Crippen molar-refractivity contribution in [2.75, 3.05) is 20.8 Å². The summed E-state index contributed by atoms with van der Waals surface area (Å²) in [6.07, 6.45) is -4.87. The fourth-order valence-electron chi connectivity index (χ4n) is 5.26. The first-order valence-corrected chi connectivity index (χ1v) is 15.7. The van der Waals surface area contributed by atoms with Gasteiger partial charge in [-0.2, -0.15) is 0 Å². The van der Waals surface area contributed by atoms with Crippen LogP contribution < -0.4 is 9.47 Å². The third-order valence-electron chi connectivity index (χ3n) is 8.08. The number of aliphatic hydroxyl groups excluding tert-OH is 3. The molecular formula is C36H42O13. The molecule has 3 aromatic rings. The number of aryl methyl sites for hydroxylation is 2. The molecule has 49 heavy (non-hydrogen) atoms. The third-order valence-corrected chi connectivity index (χ3v) is 8.08. The van der Waals surface area contributed by atoms with Gasteiger partial charge in [0, 0.05) is 18.9 Å². The molecule has 0 saturated carbocycles. The van der Waals surface area contributed by atoms with Crippen molar-refractivity contribution in [1.82, 2.24) is 0 Å². The molecule has 0 amide bonds. The van der Waals surface area contributed by atoms with Crippen LogP contribution in [0.3, 0.4) is 0 Å². The molecule has 264 valence electrons. The van der Waals surface area contributed by atoms with Crippen LogP contribution in [0.25, 0.3) is 6.08 Å². The Labute approximate surface area is 283 Å². The number of hydrogen-bond donors (Lipinski definition) is 6. The molecule has 0 aromatic heterocycles. The summed E-state index contributed by atoms with van der Waals surface area (Å²) < 4.78 is 27.5. The van der Waals surface area contributed by atoms with Crippen LogP contribution >= 0.6 is 0 Å². The molecule has 0 radical (unpaired) electrons. The van der Waals surface area contributed by atoms with E-state index in [1.54, 1.807) is 36.4 Å². The van der Waals surface area contributed by atoms with Gasteiger partial charge in [-0.1, -0.05) is 24.3 Å². The Balaban J connectivity index is 1.39. The SMILES string of the molecule is COc1ccc(C=CC(=O)OCC2OC(OC(CCc3ccc(O)cc3)CC(=O)CCc3ccc(O)c(O)c3)C(O)C(O)C2O)cc1OC. The Morgan fingerprint density at radius 3 is 2.22 bits per heavy atom. The average Bonchev–Trinajstić information content (AvgIpc) is 3.10. The average molecular weight is 683 g/mol. The third kappa shape index (κ3) is 10.7. The number of ketones is 1. The van der Waals surface area contributed by atoms with E-state index in [1.807, 2.05) is 0 Å². The van der Waals surface area contributed by atoms with Gasteiger partial charge in [-0.3, -0.25) is 4.79 Å². The van der Waals surface area contributed by atoms with Gasteiger partial charge in [-0.15, -0.1) is 0 Å². The maximum absolute atomic E-state index is 13.1. The summed E-state index contributed by atoms with van der Waals surface area (Å²) in [4.78, 5) is 25.5. The number of Topliss-reactive ketones (excluding diaryl/α,β-unsaturated/α-hetero) is 1. The zero-order chi connectivity index (χ0) is 35.5. The second-order valence-corrected chi connectivity index (χ2v) is 11.6. The van der Waals surface area contributed by atoms with Crippen LogP contribution in [0.1, 0.15) is 36.0 Å². The second kappa shape index (κ2) is 17.7. The van der Waals surface area contributed by atoms with E-state index in [4.69, 9.17) is 23.7 Å². The molecule has 1 fully saturated rings. The molecule has 1 saturated heterocycles. The van der Waals surface area contributed by atoms with Gasteiger partial charge < -0.3 is 54.3 Å². The van der Waals surface area contributed by atoms with Crippen molar-refractivity contribution in [2.24, 2.45) is 0 Å². The summed E-state index contributed by atoms with van der Waals surface area (Å²) in [5, 5.41) is 60.9. The molecule has 6 N–H and O–H groups in total. The predicted molar refractivity (Wildman–Crippen MR) is 175 cm³/mol. The number of benzene rings is 3. The van der Waals surface area contributed by atoms with Crippen molar-refractivity contribution in [2.45, 2.75) is 68.9 Å². The Morgan fingerprint density at radius 2 is 1.53 bits per heavy atom. The Morgan fingerprint density at radius 1 is 0.816 bits per heavy atom. The molecule has 1 heterocycles. The van der Waals surface area contributed by atoms with E-state index in [1.165, 1.54) is 50.6 Å². The molecule has 3 aromatic carbocycles. The zero-order valence-electron chi connectivity index (χ0n) is 27.2. The molecule has 6 unspecified atom stereocenters. The highest BCUT2D eigenvalue weighted by atomic mass is 16.7. The largest absolute Gasteiger partial charge is 0.508 e. The first-order chi connectivity index (χ1) is 23.5. The van der Waals surface area contributed by atoms with E-state index >= 15 is 0 Å². The minimum absolute atomic E-state index is 0.0893. The van der Waals surface area contributed by atoms with Crippen LogP contribution in [0.15, 0.2) is 66.7 Å². The number of phenols is 3. The summed E-state index contributed by atoms with van der Waals surface area (Å²) >= 11 is 0. The smallest absolute Gasteiger partial charge is 0.330 e. The standard InChI is InChI=1S/C36H42O13/c1-45-29-15-8-23(18-30(29)46-2)9-16-32(41)47-20-31-33(42)34(43)35(44)36(49-31)48-26(13-6-21-3-10-24(37)11-4-21)19-25(38)12-5-22-7-14-27(39)28(40)17-22/h3-4,7-11,14-18,26,31,33-37,39-40,42-44H,5-6,12-13,19-20H2,1-2H3. The molecule has 13 heteroatoms. The number of aromatic hydroxyl groups is 3. The number of aliphatic hydroxyl groups is 3. The second-order valence-electron chi connectivity index (χ2n) is 11.6. The minimum Gasteiger partial charge on any atom is -0.508 e. The van der Waals surface area contributed by atoms with Crippen molar-refractivity contribution in [3.63, 3.8) is 0 Å².